The Morgan fingerprint density at radius 2 is 2.04 bits per heavy atom. The van der Waals surface area contributed by atoms with Crippen molar-refractivity contribution in [3.63, 3.8) is 0 Å². The molecule has 0 bridgehead atoms. The molecule has 1 spiro atoms. The van der Waals surface area contributed by atoms with Gasteiger partial charge in [-0.15, -0.1) is 0 Å². The van der Waals surface area contributed by atoms with Crippen molar-refractivity contribution in [3.05, 3.63) is 48.3 Å². The summed E-state index contributed by atoms with van der Waals surface area (Å²) in [5.74, 6) is 0.965. The van der Waals surface area contributed by atoms with Gasteiger partial charge < -0.3 is 10.6 Å². The van der Waals surface area contributed by atoms with E-state index >= 15 is 0 Å². The minimum absolute atomic E-state index is 0.348. The highest BCUT2D eigenvalue weighted by Gasteiger charge is 2.52. The minimum atomic E-state index is 0.348. The molecule has 6 rings (SSSR count). The molecule has 3 aliphatic rings. The molecule has 3 fully saturated rings. The van der Waals surface area contributed by atoms with Gasteiger partial charge in [-0.1, -0.05) is 19.1 Å². The van der Waals surface area contributed by atoms with Gasteiger partial charge in [0.1, 0.15) is 11.5 Å². The largest absolute Gasteiger partial charge is 0.365 e. The van der Waals surface area contributed by atoms with Crippen molar-refractivity contribution in [3.8, 4) is 11.4 Å². The van der Waals surface area contributed by atoms with Crippen LogP contribution in [0.2, 0.25) is 0 Å². The monoisotopic (exact) mass is 359 g/mol. The van der Waals surface area contributed by atoms with Crippen LogP contribution in [-0.4, -0.2) is 33.5 Å². The Bertz CT molecular complexity index is 1030. The normalized spacial score (nSPS) is 24.4. The maximum Gasteiger partial charge on any atom is 0.137 e. The first kappa shape index (κ1) is 15.6. The van der Waals surface area contributed by atoms with Gasteiger partial charge in [0, 0.05) is 30.7 Å². The van der Waals surface area contributed by atoms with Gasteiger partial charge in [-0.3, -0.25) is 4.40 Å². The summed E-state index contributed by atoms with van der Waals surface area (Å²) in [6, 6.07) is 11.1. The van der Waals surface area contributed by atoms with Crippen molar-refractivity contribution in [2.45, 2.75) is 44.1 Å². The second-order valence-electron chi connectivity index (χ2n) is 8.95. The quantitative estimate of drug-likeness (QED) is 0.747. The first-order chi connectivity index (χ1) is 13.2. The summed E-state index contributed by atoms with van der Waals surface area (Å²) >= 11 is 0. The molecule has 0 radical (unpaired) electrons. The number of pyridine rings is 2. The van der Waals surface area contributed by atoms with Crippen molar-refractivity contribution >= 4 is 11.5 Å². The second-order valence-corrected chi connectivity index (χ2v) is 8.95. The van der Waals surface area contributed by atoms with Crippen LogP contribution in [0.5, 0.6) is 0 Å². The van der Waals surface area contributed by atoms with E-state index in [0.717, 1.165) is 35.9 Å². The molecule has 0 aromatic carbocycles. The van der Waals surface area contributed by atoms with E-state index in [2.05, 4.69) is 63.5 Å². The lowest BCUT2D eigenvalue weighted by Gasteiger charge is -2.19. The molecule has 0 amide bonds. The molecule has 138 valence electrons. The number of hydrogen-bond donors (Lipinski definition) is 2. The highest BCUT2D eigenvalue weighted by atomic mass is 15.1. The lowest BCUT2D eigenvalue weighted by Crippen LogP contribution is -2.29. The minimum Gasteiger partial charge on any atom is -0.365 e. The maximum atomic E-state index is 4.93. The van der Waals surface area contributed by atoms with E-state index in [1.807, 2.05) is 6.20 Å². The summed E-state index contributed by atoms with van der Waals surface area (Å²) in [6.07, 6.45) is 9.40. The Balaban J connectivity index is 1.35. The fraction of sp³-hybridized carbons (Fsp3) is 0.455. The molecule has 3 aromatic heterocycles. The van der Waals surface area contributed by atoms with E-state index in [1.165, 1.54) is 31.2 Å². The van der Waals surface area contributed by atoms with E-state index in [1.54, 1.807) is 0 Å². The number of rotatable bonds is 4. The summed E-state index contributed by atoms with van der Waals surface area (Å²) in [7, 11) is 0. The first-order valence-corrected chi connectivity index (χ1v) is 10.1. The molecule has 2 N–H and O–H groups in total. The summed E-state index contributed by atoms with van der Waals surface area (Å²) in [5.41, 5.74) is 5.23. The number of aromatic nitrogens is 3. The molecular formula is C22H25N5. The van der Waals surface area contributed by atoms with E-state index in [-0.39, 0.29) is 0 Å². The number of nitrogens with one attached hydrogen (secondary N) is 2. The number of nitrogens with zero attached hydrogens (tertiary/aromatic N) is 3. The molecule has 5 nitrogen and oxygen atoms in total. The molecule has 27 heavy (non-hydrogen) atoms. The zero-order valence-corrected chi connectivity index (χ0v) is 15.7. The van der Waals surface area contributed by atoms with Crippen LogP contribution >= 0.6 is 0 Å². The van der Waals surface area contributed by atoms with Crippen LogP contribution < -0.4 is 10.6 Å². The van der Waals surface area contributed by atoms with Crippen LogP contribution in [0.15, 0.2) is 42.7 Å². The van der Waals surface area contributed by atoms with Gasteiger partial charge in [-0.2, -0.15) is 0 Å². The molecule has 1 aliphatic heterocycles. The Morgan fingerprint density at radius 3 is 2.85 bits per heavy atom. The standard InChI is InChI=1S/C22H25N5/c1-21(7-8-21)15-5-6-20-24-11-17(27(20)13-15)16-3-2-4-19(25-16)26-18-12-23-14-22(18)9-10-22/h2-6,11,13,18,23H,7-10,12,14H2,1H3,(H,25,26). The first-order valence-electron chi connectivity index (χ1n) is 10.1. The molecule has 3 aromatic rings. The Kier molecular flexibility index (Phi) is 3.08. The van der Waals surface area contributed by atoms with Crippen LogP contribution in [0.4, 0.5) is 5.82 Å². The Morgan fingerprint density at radius 1 is 1.15 bits per heavy atom. The second kappa shape index (κ2) is 5.32. The number of hydrogen-bond acceptors (Lipinski definition) is 4. The van der Waals surface area contributed by atoms with Gasteiger partial charge in [0.2, 0.25) is 0 Å². The van der Waals surface area contributed by atoms with E-state index in [0.29, 0.717) is 16.9 Å². The Hall–Kier alpha value is -2.40. The molecule has 1 atom stereocenters. The summed E-state index contributed by atoms with van der Waals surface area (Å²) < 4.78 is 2.20. The molecule has 1 saturated heterocycles. The van der Waals surface area contributed by atoms with Crippen LogP contribution in [0.25, 0.3) is 17.0 Å². The third-order valence-corrected chi connectivity index (χ3v) is 6.99. The van der Waals surface area contributed by atoms with E-state index < -0.39 is 0 Å². The predicted octanol–water partition coefficient (Wildman–Crippen LogP) is 3.61. The van der Waals surface area contributed by atoms with Gasteiger partial charge in [-0.25, -0.2) is 9.97 Å². The summed E-state index contributed by atoms with van der Waals surface area (Å²) in [5, 5.41) is 7.22. The molecule has 1 unspecified atom stereocenters. The van der Waals surface area contributed by atoms with Gasteiger partial charge in [0.15, 0.2) is 0 Å². The molecule has 5 heteroatoms. The highest BCUT2D eigenvalue weighted by Crippen LogP contribution is 2.51. The molecule has 4 heterocycles. The number of imidazole rings is 1. The van der Waals surface area contributed by atoms with Gasteiger partial charge in [-0.05, 0) is 54.9 Å². The predicted molar refractivity (Wildman–Crippen MR) is 107 cm³/mol. The van der Waals surface area contributed by atoms with Gasteiger partial charge >= 0.3 is 0 Å². The fourth-order valence-electron chi connectivity index (χ4n) is 4.53. The van der Waals surface area contributed by atoms with Gasteiger partial charge in [0.05, 0.1) is 17.6 Å². The lowest BCUT2D eigenvalue weighted by atomic mass is 10.0. The smallest absolute Gasteiger partial charge is 0.137 e. The van der Waals surface area contributed by atoms with Crippen LogP contribution in [0.1, 0.15) is 38.2 Å². The average Bonchev–Trinajstić information content (AvgIpc) is 3.54. The number of fused-ring (bicyclic) bond motifs is 1. The van der Waals surface area contributed by atoms with Crippen molar-refractivity contribution in [2.24, 2.45) is 5.41 Å². The number of anilines is 1. The topological polar surface area (TPSA) is 54.2 Å². The van der Waals surface area contributed by atoms with Crippen molar-refractivity contribution in [1.82, 2.24) is 19.7 Å². The highest BCUT2D eigenvalue weighted by molar-refractivity contribution is 5.62. The molecular weight excluding hydrogens is 334 g/mol. The van der Waals surface area contributed by atoms with Crippen LogP contribution in [0, 0.1) is 5.41 Å². The van der Waals surface area contributed by atoms with E-state index in [9.17, 15) is 0 Å². The lowest BCUT2D eigenvalue weighted by molar-refractivity contribution is 0.523. The Labute approximate surface area is 159 Å². The van der Waals surface area contributed by atoms with Crippen molar-refractivity contribution in [2.75, 3.05) is 18.4 Å². The van der Waals surface area contributed by atoms with Crippen LogP contribution in [-0.2, 0) is 5.41 Å². The SMILES string of the molecule is CC1(c2ccc3ncc(-c4cccc(NC5CNCC56CC6)n4)n3c2)CC1. The fourth-order valence-corrected chi connectivity index (χ4v) is 4.53. The van der Waals surface area contributed by atoms with Crippen LogP contribution in [0.3, 0.4) is 0 Å². The summed E-state index contributed by atoms with van der Waals surface area (Å²) in [6.45, 7) is 4.51. The maximum absolute atomic E-state index is 4.93. The summed E-state index contributed by atoms with van der Waals surface area (Å²) in [4.78, 5) is 9.53. The van der Waals surface area contributed by atoms with Gasteiger partial charge in [0.25, 0.3) is 0 Å². The van der Waals surface area contributed by atoms with E-state index in [4.69, 9.17) is 4.98 Å². The van der Waals surface area contributed by atoms with Crippen molar-refractivity contribution < 1.29 is 0 Å². The molecule has 2 aliphatic carbocycles. The average molecular weight is 359 g/mol. The zero-order valence-electron chi connectivity index (χ0n) is 15.7. The third kappa shape index (κ3) is 2.48. The third-order valence-electron chi connectivity index (χ3n) is 6.99. The zero-order chi connectivity index (χ0) is 18.1. The molecule has 2 saturated carbocycles. The van der Waals surface area contributed by atoms with Crippen molar-refractivity contribution in [1.29, 1.82) is 0 Å².